The van der Waals surface area contributed by atoms with Gasteiger partial charge >= 0.3 is 6.03 Å². The highest BCUT2D eigenvalue weighted by Gasteiger charge is 2.45. The van der Waals surface area contributed by atoms with E-state index >= 15 is 0 Å². The number of ether oxygens (including phenoxy) is 1. The Labute approximate surface area is 167 Å². The summed E-state index contributed by atoms with van der Waals surface area (Å²) in [5.41, 5.74) is 0. The summed E-state index contributed by atoms with van der Waals surface area (Å²) < 4.78 is 4.84. The van der Waals surface area contributed by atoms with Gasteiger partial charge in [0.1, 0.15) is 12.6 Å². The lowest BCUT2D eigenvalue weighted by Crippen LogP contribution is -2.63. The fourth-order valence-corrected chi connectivity index (χ4v) is 3.98. The summed E-state index contributed by atoms with van der Waals surface area (Å²) >= 11 is 0. The number of fused-ring (bicyclic) bond motifs is 1. The minimum absolute atomic E-state index is 0.0168. The quantitative estimate of drug-likeness (QED) is 0.525. The molecule has 2 fully saturated rings. The highest BCUT2D eigenvalue weighted by molar-refractivity contribution is 5.85. The van der Waals surface area contributed by atoms with Crippen molar-refractivity contribution < 1.29 is 19.1 Å². The summed E-state index contributed by atoms with van der Waals surface area (Å²) in [5.74, 6) is 0.195. The van der Waals surface area contributed by atoms with E-state index in [0.29, 0.717) is 12.5 Å². The Morgan fingerprint density at radius 3 is 2.54 bits per heavy atom. The van der Waals surface area contributed by atoms with Crippen LogP contribution in [-0.4, -0.2) is 91.7 Å². The van der Waals surface area contributed by atoms with E-state index in [1.807, 2.05) is 18.7 Å². The molecule has 0 bridgehead atoms. The first kappa shape index (κ1) is 22.4. The number of rotatable bonds is 8. The molecule has 0 spiro atoms. The van der Waals surface area contributed by atoms with Crippen LogP contribution in [0.2, 0.25) is 0 Å². The summed E-state index contributed by atoms with van der Waals surface area (Å²) in [6.45, 7) is 10.3. The normalized spacial score (nSPS) is 25.2. The van der Waals surface area contributed by atoms with Crippen LogP contribution in [0.25, 0.3) is 0 Å². The maximum Gasteiger partial charge on any atom is 0.315 e. The summed E-state index contributed by atoms with van der Waals surface area (Å²) in [4.78, 5) is 41.0. The smallest absolute Gasteiger partial charge is 0.315 e. The molecule has 9 nitrogen and oxygen atoms in total. The Kier molecular flexibility index (Phi) is 8.06. The maximum atomic E-state index is 13.2. The number of nitrogens with zero attached hydrogens (tertiary/aromatic N) is 2. The van der Waals surface area contributed by atoms with Gasteiger partial charge in [-0.2, -0.15) is 0 Å². The number of carbonyl (C=O) groups is 3. The highest BCUT2D eigenvalue weighted by Crippen LogP contribution is 2.26. The fraction of sp³-hybridized carbons (Fsp3) is 0.842. The molecule has 0 aliphatic carbocycles. The van der Waals surface area contributed by atoms with E-state index in [2.05, 4.69) is 34.7 Å². The minimum atomic E-state index is -0.386. The van der Waals surface area contributed by atoms with Crippen molar-refractivity contribution in [1.82, 2.24) is 25.8 Å². The van der Waals surface area contributed by atoms with Crippen LogP contribution in [0.15, 0.2) is 0 Å². The standard InChI is InChI=1S/C19H35N5O4/c1-12(2)8-23-10-15-6-14(22-19(27)21-13(3)4)9-24(15)18(26)16(23)7-20-17(25)11-28-5/h12-16H,6-11H2,1-5H3,(H,20,25)(H2,21,22,27)/t14-,15-,16-/m0/s1. The molecule has 28 heavy (non-hydrogen) atoms. The van der Waals surface area contributed by atoms with Gasteiger partial charge in [-0.1, -0.05) is 13.8 Å². The van der Waals surface area contributed by atoms with E-state index in [1.165, 1.54) is 7.11 Å². The number of nitrogens with one attached hydrogen (secondary N) is 3. The van der Waals surface area contributed by atoms with Crippen LogP contribution < -0.4 is 16.0 Å². The third-order valence-electron chi connectivity index (χ3n) is 4.99. The van der Waals surface area contributed by atoms with Crippen molar-refractivity contribution in [2.75, 3.05) is 39.9 Å². The molecular weight excluding hydrogens is 362 g/mol. The summed E-state index contributed by atoms with van der Waals surface area (Å²) in [6, 6.07) is -0.499. The zero-order valence-electron chi connectivity index (χ0n) is 17.7. The number of piperazine rings is 1. The second-order valence-electron chi connectivity index (χ2n) is 8.45. The lowest BCUT2D eigenvalue weighted by atomic mass is 10.0. The third-order valence-corrected chi connectivity index (χ3v) is 4.99. The van der Waals surface area contributed by atoms with Crippen molar-refractivity contribution >= 4 is 17.8 Å². The second-order valence-corrected chi connectivity index (χ2v) is 8.45. The lowest BCUT2D eigenvalue weighted by Gasteiger charge is -2.43. The minimum Gasteiger partial charge on any atom is -0.375 e. The predicted molar refractivity (Wildman–Crippen MR) is 106 cm³/mol. The van der Waals surface area contributed by atoms with Crippen LogP contribution in [-0.2, 0) is 14.3 Å². The molecule has 160 valence electrons. The summed E-state index contributed by atoms with van der Waals surface area (Å²) in [5, 5.41) is 8.60. The molecule has 4 amide bonds. The molecule has 2 rings (SSSR count). The first-order valence-electron chi connectivity index (χ1n) is 10.1. The van der Waals surface area contributed by atoms with Gasteiger partial charge in [-0.15, -0.1) is 0 Å². The molecule has 3 N–H and O–H groups in total. The zero-order chi connectivity index (χ0) is 20.8. The Morgan fingerprint density at radius 2 is 1.93 bits per heavy atom. The van der Waals surface area contributed by atoms with Gasteiger partial charge in [0, 0.05) is 45.4 Å². The van der Waals surface area contributed by atoms with Crippen LogP contribution in [0.4, 0.5) is 4.79 Å². The van der Waals surface area contributed by atoms with E-state index in [4.69, 9.17) is 4.74 Å². The number of hydrogen-bond acceptors (Lipinski definition) is 5. The Bertz CT molecular complexity index is 569. The van der Waals surface area contributed by atoms with Crippen LogP contribution in [0.1, 0.15) is 34.1 Å². The number of urea groups is 1. The van der Waals surface area contributed by atoms with Gasteiger partial charge in [-0.25, -0.2) is 4.79 Å². The Hall–Kier alpha value is -1.87. The van der Waals surface area contributed by atoms with Crippen molar-refractivity contribution in [2.24, 2.45) is 5.92 Å². The molecule has 0 unspecified atom stereocenters. The Balaban J connectivity index is 2.02. The molecule has 3 atom stereocenters. The number of methoxy groups -OCH3 is 1. The maximum absolute atomic E-state index is 13.2. The highest BCUT2D eigenvalue weighted by atomic mass is 16.5. The van der Waals surface area contributed by atoms with Gasteiger partial charge in [0.15, 0.2) is 0 Å². The molecular formula is C19H35N5O4. The molecule has 9 heteroatoms. The molecule has 0 aromatic heterocycles. The van der Waals surface area contributed by atoms with Crippen LogP contribution in [0.3, 0.4) is 0 Å². The summed E-state index contributed by atoms with van der Waals surface area (Å²) in [7, 11) is 1.47. The van der Waals surface area contributed by atoms with Crippen molar-refractivity contribution in [3.05, 3.63) is 0 Å². The molecule has 0 radical (unpaired) electrons. The first-order chi connectivity index (χ1) is 13.2. The van der Waals surface area contributed by atoms with E-state index in [1.54, 1.807) is 0 Å². The van der Waals surface area contributed by atoms with Gasteiger partial charge in [0.05, 0.1) is 6.04 Å². The van der Waals surface area contributed by atoms with E-state index in [9.17, 15) is 14.4 Å². The van der Waals surface area contributed by atoms with Crippen LogP contribution >= 0.6 is 0 Å². The van der Waals surface area contributed by atoms with E-state index in [-0.39, 0.29) is 55.2 Å². The van der Waals surface area contributed by atoms with Crippen LogP contribution in [0, 0.1) is 5.92 Å². The van der Waals surface area contributed by atoms with Gasteiger partial charge < -0.3 is 25.6 Å². The predicted octanol–water partition coefficient (Wildman–Crippen LogP) is -0.234. The van der Waals surface area contributed by atoms with Crippen molar-refractivity contribution in [3.8, 4) is 0 Å². The Morgan fingerprint density at radius 1 is 1.21 bits per heavy atom. The van der Waals surface area contributed by atoms with Crippen molar-refractivity contribution in [3.63, 3.8) is 0 Å². The average Bonchev–Trinajstić information content (AvgIpc) is 2.95. The average molecular weight is 398 g/mol. The first-order valence-corrected chi connectivity index (χ1v) is 10.1. The number of hydrogen-bond donors (Lipinski definition) is 3. The van der Waals surface area contributed by atoms with Gasteiger partial charge in [-0.05, 0) is 26.2 Å². The lowest BCUT2D eigenvalue weighted by molar-refractivity contribution is -0.144. The number of amides is 4. The molecule has 0 saturated carbocycles. The van der Waals surface area contributed by atoms with Gasteiger partial charge in [-0.3, -0.25) is 14.5 Å². The molecule has 2 saturated heterocycles. The second kappa shape index (κ2) is 10.1. The van der Waals surface area contributed by atoms with E-state index < -0.39 is 0 Å². The van der Waals surface area contributed by atoms with Gasteiger partial charge in [0.25, 0.3) is 0 Å². The molecule has 2 aliphatic rings. The number of carbonyl (C=O) groups excluding carboxylic acids is 3. The topological polar surface area (TPSA) is 103 Å². The molecule has 2 aliphatic heterocycles. The molecule has 2 heterocycles. The molecule has 0 aromatic rings. The largest absolute Gasteiger partial charge is 0.375 e. The van der Waals surface area contributed by atoms with E-state index in [0.717, 1.165) is 19.5 Å². The fourth-order valence-electron chi connectivity index (χ4n) is 3.98. The molecule has 0 aromatic carbocycles. The summed E-state index contributed by atoms with van der Waals surface area (Å²) in [6.07, 6.45) is 0.745. The monoisotopic (exact) mass is 397 g/mol. The van der Waals surface area contributed by atoms with Crippen LogP contribution in [0.5, 0.6) is 0 Å². The SMILES string of the molecule is COCC(=O)NC[C@H]1C(=O)N2C[C@@H](NC(=O)NC(C)C)C[C@H]2CN1CC(C)C. The third kappa shape index (κ3) is 6.07. The van der Waals surface area contributed by atoms with Crippen molar-refractivity contribution in [2.45, 2.75) is 58.3 Å². The van der Waals surface area contributed by atoms with Gasteiger partial charge in [0.2, 0.25) is 11.8 Å². The zero-order valence-corrected chi connectivity index (χ0v) is 17.7. The van der Waals surface area contributed by atoms with Crippen molar-refractivity contribution in [1.29, 1.82) is 0 Å².